The van der Waals surface area contributed by atoms with Crippen LogP contribution in [0.2, 0.25) is 0 Å². The number of benzene rings is 2. The first-order valence-electron chi connectivity index (χ1n) is 7.46. The van der Waals surface area contributed by atoms with Crippen LogP contribution in [0.15, 0.2) is 76.0 Å². The summed E-state index contributed by atoms with van der Waals surface area (Å²) in [6.07, 6.45) is 1.74. The fraction of sp³-hybridized carbons (Fsp3) is 0.0588. The van der Waals surface area contributed by atoms with E-state index in [-0.39, 0.29) is 0 Å². The summed E-state index contributed by atoms with van der Waals surface area (Å²) in [5, 5.41) is 17.9. The van der Waals surface area contributed by atoms with Gasteiger partial charge in [-0.3, -0.25) is 0 Å². The maximum absolute atomic E-state index is 4.65. The number of hydrogen-bond donors (Lipinski definition) is 1. The smallest absolute Gasteiger partial charge is 0.244 e. The van der Waals surface area contributed by atoms with Crippen LogP contribution in [0.4, 0.5) is 5.95 Å². The predicted molar refractivity (Wildman–Crippen MR) is 96.8 cm³/mol. The average Bonchev–Trinajstić information content (AvgIpc) is 3.06. The molecule has 118 valence electrons. The molecule has 4 rings (SSSR count). The second kappa shape index (κ2) is 6.67. The molecule has 1 N–H and O–H groups in total. The summed E-state index contributed by atoms with van der Waals surface area (Å²) in [6.45, 7) is 0. The van der Waals surface area contributed by atoms with Crippen LogP contribution in [0.5, 0.6) is 0 Å². The largest absolute Gasteiger partial charge is 0.266 e. The third-order valence-corrected chi connectivity index (χ3v) is 4.39. The van der Waals surface area contributed by atoms with Gasteiger partial charge in [0.05, 0.1) is 11.9 Å². The van der Waals surface area contributed by atoms with Gasteiger partial charge in [0, 0.05) is 5.75 Å². The number of fused-ring (bicyclic) bond motifs is 1. The van der Waals surface area contributed by atoms with Gasteiger partial charge in [-0.05, 0) is 11.1 Å². The third kappa shape index (κ3) is 3.07. The lowest BCUT2D eigenvalue weighted by Gasteiger charge is -2.13. The average molecular weight is 334 g/mol. The van der Waals surface area contributed by atoms with E-state index in [0.717, 1.165) is 27.7 Å². The van der Waals surface area contributed by atoms with E-state index < -0.39 is 0 Å². The Morgan fingerprint density at radius 3 is 2.54 bits per heavy atom. The van der Waals surface area contributed by atoms with Crippen molar-refractivity contribution in [1.29, 1.82) is 0 Å². The van der Waals surface area contributed by atoms with Crippen molar-refractivity contribution in [3.05, 3.63) is 71.8 Å². The summed E-state index contributed by atoms with van der Waals surface area (Å²) < 4.78 is 1.69. The van der Waals surface area contributed by atoms with Crippen LogP contribution in [0.25, 0.3) is 0 Å². The number of hydrazone groups is 1. The zero-order valence-electron chi connectivity index (χ0n) is 12.7. The first-order chi connectivity index (χ1) is 11.9. The predicted octanol–water partition coefficient (Wildman–Crippen LogP) is 3.08. The van der Waals surface area contributed by atoms with Crippen molar-refractivity contribution in [1.82, 2.24) is 14.9 Å². The molecule has 1 aliphatic rings. The highest BCUT2D eigenvalue weighted by atomic mass is 32.2. The van der Waals surface area contributed by atoms with E-state index in [1.165, 1.54) is 0 Å². The van der Waals surface area contributed by atoms with Crippen molar-refractivity contribution in [2.24, 2.45) is 10.2 Å². The van der Waals surface area contributed by atoms with Gasteiger partial charge in [0.2, 0.25) is 5.16 Å². The van der Waals surface area contributed by atoms with Gasteiger partial charge < -0.3 is 0 Å². The minimum atomic E-state index is 0.498. The standard InChI is InChI=1S/C17H14N6S/c1-3-7-13(8-4-1)11-18-19-16-20-21-17-23(16)22-15(12-24-17)14-9-5-2-6-10-14/h1-11H,12H2,(H,19,20). The Morgan fingerprint density at radius 1 is 1.00 bits per heavy atom. The molecule has 0 bridgehead atoms. The van der Waals surface area contributed by atoms with Crippen LogP contribution >= 0.6 is 11.8 Å². The van der Waals surface area contributed by atoms with E-state index in [1.54, 1.807) is 22.7 Å². The third-order valence-electron chi connectivity index (χ3n) is 3.46. The Hall–Kier alpha value is -2.93. The second-order valence-electron chi connectivity index (χ2n) is 5.10. The molecule has 0 atom stereocenters. The van der Waals surface area contributed by atoms with Crippen molar-refractivity contribution >= 4 is 29.6 Å². The van der Waals surface area contributed by atoms with Gasteiger partial charge in [-0.2, -0.15) is 14.9 Å². The molecule has 1 aromatic heterocycles. The van der Waals surface area contributed by atoms with Gasteiger partial charge in [0.25, 0.3) is 5.95 Å². The number of hydrogen-bond acceptors (Lipinski definition) is 6. The van der Waals surface area contributed by atoms with Crippen LogP contribution in [0.1, 0.15) is 11.1 Å². The topological polar surface area (TPSA) is 67.5 Å². The van der Waals surface area contributed by atoms with E-state index >= 15 is 0 Å². The van der Waals surface area contributed by atoms with Gasteiger partial charge in [-0.1, -0.05) is 72.4 Å². The Bertz CT molecular complexity index is 886. The van der Waals surface area contributed by atoms with E-state index in [4.69, 9.17) is 0 Å². The number of rotatable bonds is 4. The van der Waals surface area contributed by atoms with Gasteiger partial charge >= 0.3 is 0 Å². The van der Waals surface area contributed by atoms with E-state index in [1.807, 2.05) is 48.5 Å². The second-order valence-corrected chi connectivity index (χ2v) is 6.04. The van der Waals surface area contributed by atoms with Crippen molar-refractivity contribution in [3.8, 4) is 0 Å². The van der Waals surface area contributed by atoms with Gasteiger partial charge in [0.1, 0.15) is 0 Å². The molecular formula is C17H14N6S. The fourth-order valence-corrected chi connectivity index (χ4v) is 3.11. The zero-order valence-corrected chi connectivity index (χ0v) is 13.5. The Balaban J connectivity index is 1.57. The molecule has 0 spiro atoms. The molecule has 2 heterocycles. The molecule has 1 aliphatic heterocycles. The molecule has 7 heteroatoms. The highest BCUT2D eigenvalue weighted by Gasteiger charge is 2.19. The van der Waals surface area contributed by atoms with Crippen LogP contribution < -0.4 is 5.43 Å². The maximum Gasteiger partial charge on any atom is 0.266 e. The molecule has 0 saturated heterocycles. The van der Waals surface area contributed by atoms with Crippen molar-refractivity contribution < 1.29 is 0 Å². The van der Waals surface area contributed by atoms with Gasteiger partial charge in [0.15, 0.2) is 0 Å². The minimum absolute atomic E-state index is 0.498. The summed E-state index contributed by atoms with van der Waals surface area (Å²) in [4.78, 5) is 0. The number of anilines is 1. The van der Waals surface area contributed by atoms with Gasteiger partial charge in [-0.25, -0.2) is 5.43 Å². The normalized spacial score (nSPS) is 13.6. The summed E-state index contributed by atoms with van der Waals surface area (Å²) >= 11 is 1.61. The van der Waals surface area contributed by atoms with Crippen molar-refractivity contribution in [2.45, 2.75) is 5.16 Å². The Labute approximate surface area is 143 Å². The molecule has 0 aliphatic carbocycles. The lowest BCUT2D eigenvalue weighted by atomic mass is 10.1. The maximum atomic E-state index is 4.65. The molecule has 24 heavy (non-hydrogen) atoms. The zero-order chi connectivity index (χ0) is 16.2. The van der Waals surface area contributed by atoms with Gasteiger partial charge in [-0.15, -0.1) is 10.2 Å². The monoisotopic (exact) mass is 334 g/mol. The van der Waals surface area contributed by atoms with Crippen LogP contribution in [0, 0.1) is 0 Å². The molecule has 0 fully saturated rings. The fourth-order valence-electron chi connectivity index (χ4n) is 2.27. The first-order valence-corrected chi connectivity index (χ1v) is 8.44. The molecule has 3 aromatic rings. The lowest BCUT2D eigenvalue weighted by Crippen LogP contribution is -2.14. The summed E-state index contributed by atoms with van der Waals surface area (Å²) in [6, 6.07) is 20.0. The SMILES string of the molecule is C(=NNc1nnc2n1N=C(c1ccccc1)CS2)c1ccccc1. The molecule has 0 unspecified atom stereocenters. The van der Waals surface area contributed by atoms with Crippen molar-refractivity contribution in [3.63, 3.8) is 0 Å². The summed E-state index contributed by atoms with van der Waals surface area (Å²) in [5.41, 5.74) is 6.01. The van der Waals surface area contributed by atoms with Crippen LogP contribution in [0.3, 0.4) is 0 Å². The number of thioether (sulfide) groups is 1. The highest BCUT2D eigenvalue weighted by molar-refractivity contribution is 7.99. The van der Waals surface area contributed by atoms with Crippen LogP contribution in [-0.2, 0) is 0 Å². The number of aromatic nitrogens is 3. The first kappa shape index (κ1) is 14.6. The molecule has 0 radical (unpaired) electrons. The van der Waals surface area contributed by atoms with E-state index in [9.17, 15) is 0 Å². The lowest BCUT2D eigenvalue weighted by molar-refractivity contribution is 0.760. The van der Waals surface area contributed by atoms with Crippen LogP contribution in [-0.4, -0.2) is 32.6 Å². The molecule has 0 saturated carbocycles. The molecule has 2 aromatic carbocycles. The van der Waals surface area contributed by atoms with E-state index in [2.05, 4.69) is 38.0 Å². The number of nitrogens with zero attached hydrogens (tertiary/aromatic N) is 5. The Morgan fingerprint density at radius 2 is 1.75 bits per heavy atom. The van der Waals surface area contributed by atoms with E-state index in [0.29, 0.717) is 5.95 Å². The quantitative estimate of drug-likeness (QED) is 0.588. The Kier molecular flexibility index (Phi) is 4.07. The van der Waals surface area contributed by atoms with Crippen molar-refractivity contribution in [2.75, 3.05) is 11.2 Å². The highest BCUT2D eigenvalue weighted by Crippen LogP contribution is 2.25. The summed E-state index contributed by atoms with van der Waals surface area (Å²) in [7, 11) is 0. The molecule has 6 nitrogen and oxygen atoms in total. The summed E-state index contributed by atoms with van der Waals surface area (Å²) in [5.74, 6) is 1.27. The number of nitrogens with one attached hydrogen (secondary N) is 1. The molecule has 0 amide bonds. The molecular weight excluding hydrogens is 320 g/mol. The minimum Gasteiger partial charge on any atom is -0.244 e.